The van der Waals surface area contributed by atoms with Crippen LogP contribution in [-0.2, 0) is 0 Å². The molecule has 6 heteroatoms. The van der Waals surface area contributed by atoms with Crippen molar-refractivity contribution in [2.45, 2.75) is 0 Å². The Bertz CT molecular complexity index is 877. The van der Waals surface area contributed by atoms with Crippen molar-refractivity contribution in [3.8, 4) is 16.9 Å². The van der Waals surface area contributed by atoms with Gasteiger partial charge >= 0.3 is 0 Å². The van der Waals surface area contributed by atoms with Crippen LogP contribution in [0.1, 0.15) is 10.5 Å². The Morgan fingerprint density at radius 1 is 1.14 bits per heavy atom. The van der Waals surface area contributed by atoms with Crippen LogP contribution in [-0.4, -0.2) is 23.2 Å². The summed E-state index contributed by atoms with van der Waals surface area (Å²) in [5.41, 5.74) is 13.9. The van der Waals surface area contributed by atoms with Crippen molar-refractivity contribution in [3.05, 3.63) is 48.2 Å². The first kappa shape index (κ1) is 13.8. The highest BCUT2D eigenvalue weighted by Crippen LogP contribution is 2.31. The molecule has 0 saturated carbocycles. The van der Waals surface area contributed by atoms with Gasteiger partial charge in [0.15, 0.2) is 5.69 Å². The number of amides is 1. The molecule has 22 heavy (non-hydrogen) atoms. The average Bonchev–Trinajstić information content (AvgIpc) is 2.54. The molecule has 1 heterocycles. The van der Waals surface area contributed by atoms with Gasteiger partial charge in [-0.2, -0.15) is 0 Å². The summed E-state index contributed by atoms with van der Waals surface area (Å²) in [4.78, 5) is 11.3. The lowest BCUT2D eigenvalue weighted by molar-refractivity contribution is 0.0996. The highest BCUT2D eigenvalue weighted by Gasteiger charge is 2.15. The number of carbonyl (C=O) groups is 1. The topological polar surface area (TPSA) is 104 Å². The number of hydrogen-bond donors (Lipinski definition) is 2. The summed E-state index contributed by atoms with van der Waals surface area (Å²) < 4.78 is 5.24. The van der Waals surface area contributed by atoms with Gasteiger partial charge in [-0.15, -0.1) is 10.2 Å². The number of benzene rings is 2. The van der Waals surface area contributed by atoms with Crippen LogP contribution in [0.15, 0.2) is 42.5 Å². The lowest BCUT2D eigenvalue weighted by atomic mass is 10.0. The first-order chi connectivity index (χ1) is 10.6. The normalized spacial score (nSPS) is 10.6. The van der Waals surface area contributed by atoms with Crippen LogP contribution in [0.2, 0.25) is 0 Å². The molecule has 0 fully saturated rings. The zero-order valence-electron chi connectivity index (χ0n) is 11.9. The molecule has 0 bridgehead atoms. The molecule has 110 valence electrons. The van der Waals surface area contributed by atoms with E-state index in [9.17, 15) is 4.79 Å². The Balaban J connectivity index is 2.27. The molecule has 0 spiro atoms. The van der Waals surface area contributed by atoms with Crippen LogP contribution in [0.25, 0.3) is 22.0 Å². The molecule has 3 rings (SSSR count). The highest BCUT2D eigenvalue weighted by molar-refractivity contribution is 6.07. The van der Waals surface area contributed by atoms with E-state index in [0.717, 1.165) is 16.9 Å². The molecule has 0 radical (unpaired) electrons. The summed E-state index contributed by atoms with van der Waals surface area (Å²) in [6, 6.07) is 13.1. The maximum Gasteiger partial charge on any atom is 0.271 e. The second kappa shape index (κ2) is 5.33. The average molecular weight is 294 g/mol. The van der Waals surface area contributed by atoms with E-state index in [2.05, 4.69) is 10.2 Å². The zero-order chi connectivity index (χ0) is 15.7. The number of nitrogens with two attached hydrogens (primary N) is 2. The van der Waals surface area contributed by atoms with Crippen LogP contribution in [0.5, 0.6) is 5.75 Å². The molecule has 0 unspecified atom stereocenters. The van der Waals surface area contributed by atoms with Crippen LogP contribution in [0.3, 0.4) is 0 Å². The molecule has 0 atom stereocenters. The Hall–Kier alpha value is -3.15. The second-order valence-electron chi connectivity index (χ2n) is 4.76. The van der Waals surface area contributed by atoms with Gasteiger partial charge in [0, 0.05) is 10.9 Å². The molecule has 1 aromatic heterocycles. The summed E-state index contributed by atoms with van der Waals surface area (Å²) in [5, 5.41) is 8.62. The number of aromatic nitrogens is 2. The minimum atomic E-state index is -0.696. The number of rotatable bonds is 3. The number of methoxy groups -OCH3 is 1. The maximum absolute atomic E-state index is 11.3. The summed E-state index contributed by atoms with van der Waals surface area (Å²) in [5.74, 6) is 0.0443. The van der Waals surface area contributed by atoms with Gasteiger partial charge in [-0.25, -0.2) is 0 Å². The molecule has 4 N–H and O–H groups in total. The van der Waals surface area contributed by atoms with E-state index in [1.807, 2.05) is 36.4 Å². The maximum atomic E-state index is 11.3. The molecule has 0 aliphatic rings. The van der Waals surface area contributed by atoms with Crippen molar-refractivity contribution in [2.75, 3.05) is 12.8 Å². The molecule has 2 aromatic carbocycles. The summed E-state index contributed by atoms with van der Waals surface area (Å²) in [6.07, 6.45) is 0. The highest BCUT2D eigenvalue weighted by atomic mass is 16.5. The second-order valence-corrected chi connectivity index (χ2v) is 4.76. The standard InChI is InChI=1S/C16H14N4O2/c1-22-10-5-2-4-9(8-10)11-6-3-7-12-13(17)15(16(18)21)20-19-14(11)12/h2-8H,1H3,(H2,17,19)(H2,18,21). The van der Waals surface area contributed by atoms with Gasteiger partial charge in [0.05, 0.1) is 12.8 Å². The number of ether oxygens (including phenoxy) is 1. The van der Waals surface area contributed by atoms with Crippen LogP contribution >= 0.6 is 0 Å². The fourth-order valence-corrected chi connectivity index (χ4v) is 2.36. The lowest BCUT2D eigenvalue weighted by Gasteiger charge is -2.10. The van der Waals surface area contributed by atoms with Crippen LogP contribution in [0, 0.1) is 0 Å². The van der Waals surface area contributed by atoms with Gasteiger partial charge in [0.25, 0.3) is 5.91 Å². The monoisotopic (exact) mass is 294 g/mol. The first-order valence-corrected chi connectivity index (χ1v) is 6.61. The van der Waals surface area contributed by atoms with E-state index in [1.54, 1.807) is 13.2 Å². The van der Waals surface area contributed by atoms with Crippen LogP contribution in [0.4, 0.5) is 5.69 Å². The predicted octanol–water partition coefficient (Wildman–Crippen LogP) is 1.99. The van der Waals surface area contributed by atoms with E-state index in [0.29, 0.717) is 10.9 Å². The third kappa shape index (κ3) is 2.20. The molecule has 0 aliphatic heterocycles. The molecule has 0 aliphatic carbocycles. The van der Waals surface area contributed by atoms with E-state index < -0.39 is 5.91 Å². The van der Waals surface area contributed by atoms with Crippen LogP contribution < -0.4 is 16.2 Å². The minimum absolute atomic E-state index is 0.0182. The van der Waals surface area contributed by atoms with Gasteiger partial charge < -0.3 is 16.2 Å². The van der Waals surface area contributed by atoms with Gasteiger partial charge in [0.1, 0.15) is 11.3 Å². The number of fused-ring (bicyclic) bond motifs is 1. The van der Waals surface area contributed by atoms with Crippen molar-refractivity contribution in [2.24, 2.45) is 5.73 Å². The number of hydrogen-bond acceptors (Lipinski definition) is 5. The molecule has 0 saturated heterocycles. The fraction of sp³-hybridized carbons (Fsp3) is 0.0625. The Morgan fingerprint density at radius 2 is 1.91 bits per heavy atom. The van der Waals surface area contributed by atoms with Crippen molar-refractivity contribution >= 4 is 22.5 Å². The quantitative estimate of drug-likeness (QED) is 0.768. The first-order valence-electron chi connectivity index (χ1n) is 6.61. The van der Waals surface area contributed by atoms with Gasteiger partial charge in [-0.1, -0.05) is 30.3 Å². The van der Waals surface area contributed by atoms with Crippen molar-refractivity contribution in [1.29, 1.82) is 0 Å². The van der Waals surface area contributed by atoms with E-state index in [-0.39, 0.29) is 11.4 Å². The Kier molecular flexibility index (Phi) is 3.34. The third-order valence-electron chi connectivity index (χ3n) is 3.45. The number of carbonyl (C=O) groups excluding carboxylic acids is 1. The lowest BCUT2D eigenvalue weighted by Crippen LogP contribution is -2.16. The number of anilines is 1. The number of primary amides is 1. The molecule has 6 nitrogen and oxygen atoms in total. The van der Waals surface area contributed by atoms with E-state index in [4.69, 9.17) is 16.2 Å². The van der Waals surface area contributed by atoms with Gasteiger partial charge in [-0.3, -0.25) is 4.79 Å². The molecular formula is C16H14N4O2. The third-order valence-corrected chi connectivity index (χ3v) is 3.45. The summed E-state index contributed by atoms with van der Waals surface area (Å²) >= 11 is 0. The number of nitrogens with zero attached hydrogens (tertiary/aromatic N) is 2. The van der Waals surface area contributed by atoms with E-state index >= 15 is 0 Å². The van der Waals surface area contributed by atoms with E-state index in [1.165, 1.54) is 0 Å². The minimum Gasteiger partial charge on any atom is -0.497 e. The molecule has 1 amide bonds. The molecular weight excluding hydrogens is 280 g/mol. The fourth-order valence-electron chi connectivity index (χ4n) is 2.36. The largest absolute Gasteiger partial charge is 0.497 e. The zero-order valence-corrected chi connectivity index (χ0v) is 11.9. The van der Waals surface area contributed by atoms with Gasteiger partial charge in [0.2, 0.25) is 0 Å². The van der Waals surface area contributed by atoms with Crippen molar-refractivity contribution in [1.82, 2.24) is 10.2 Å². The molecule has 3 aromatic rings. The Labute approximate surface area is 126 Å². The SMILES string of the molecule is COc1cccc(-c2cccc3c(N)c(C(N)=O)nnc23)c1. The summed E-state index contributed by atoms with van der Waals surface area (Å²) in [7, 11) is 1.61. The predicted molar refractivity (Wildman–Crippen MR) is 84.5 cm³/mol. The van der Waals surface area contributed by atoms with Gasteiger partial charge in [-0.05, 0) is 17.7 Å². The number of nitrogen functional groups attached to an aromatic ring is 1. The Morgan fingerprint density at radius 3 is 2.64 bits per heavy atom. The smallest absolute Gasteiger partial charge is 0.271 e. The van der Waals surface area contributed by atoms with Crippen molar-refractivity contribution in [3.63, 3.8) is 0 Å². The summed E-state index contributed by atoms with van der Waals surface area (Å²) in [6.45, 7) is 0. The van der Waals surface area contributed by atoms with Crippen molar-refractivity contribution < 1.29 is 9.53 Å².